The van der Waals surface area contributed by atoms with Gasteiger partial charge in [0.25, 0.3) is 5.52 Å². The third-order valence-electron chi connectivity index (χ3n) is 2.75. The first-order chi connectivity index (χ1) is 10.1. The van der Waals surface area contributed by atoms with Crippen LogP contribution in [0.3, 0.4) is 0 Å². The fourth-order valence-corrected chi connectivity index (χ4v) is 1.91. The Morgan fingerprint density at radius 3 is 2.57 bits per heavy atom. The maximum absolute atomic E-state index is 11.8. The number of fused-ring (bicyclic) bond motifs is 1. The Morgan fingerprint density at radius 1 is 1.14 bits per heavy atom. The number of hydrogen-bond acceptors (Lipinski definition) is 4. The smallest absolute Gasteiger partial charge is 0.323 e. The average Bonchev–Trinajstić information content (AvgIpc) is 2.82. The zero-order valence-electron chi connectivity index (χ0n) is 10.5. The Balaban J connectivity index is 1.72. The molecule has 0 aliphatic carbocycles. The molecule has 2 N–H and O–H groups in total. The summed E-state index contributed by atoms with van der Waals surface area (Å²) in [6, 6.07) is 10.9. The van der Waals surface area contributed by atoms with Crippen molar-refractivity contribution in [3.8, 4) is 0 Å². The Morgan fingerprint density at radius 2 is 1.81 bits per heavy atom. The predicted octanol–water partition coefficient (Wildman–Crippen LogP) is 2.76. The molecule has 3 rings (SSSR count). The number of carbonyl (C=O) groups is 1. The number of nitrogens with zero attached hydrogens (tertiary/aromatic N) is 2. The van der Waals surface area contributed by atoms with Crippen molar-refractivity contribution in [1.29, 1.82) is 0 Å². The Labute approximate surface area is 123 Å². The van der Waals surface area contributed by atoms with E-state index in [4.69, 9.17) is 11.6 Å². The van der Waals surface area contributed by atoms with Crippen LogP contribution in [0.1, 0.15) is 0 Å². The molecule has 21 heavy (non-hydrogen) atoms. The van der Waals surface area contributed by atoms with E-state index in [1.165, 1.54) is 12.1 Å². The van der Waals surface area contributed by atoms with E-state index in [0.29, 0.717) is 32.3 Å². The lowest BCUT2D eigenvalue weighted by Crippen LogP contribution is -2.22. The van der Waals surface area contributed by atoms with Crippen molar-refractivity contribution in [3.05, 3.63) is 52.7 Å². The molecule has 0 bridgehead atoms. The summed E-state index contributed by atoms with van der Waals surface area (Å²) in [6.07, 6.45) is 0. The first-order valence-electron chi connectivity index (χ1n) is 5.95. The minimum Gasteiger partial charge on any atom is -0.359 e. The maximum atomic E-state index is 11.8. The lowest BCUT2D eigenvalue weighted by Gasteiger charge is -2.07. The van der Waals surface area contributed by atoms with Crippen molar-refractivity contribution < 1.29 is 14.3 Å². The van der Waals surface area contributed by atoms with Gasteiger partial charge >= 0.3 is 6.03 Å². The van der Waals surface area contributed by atoms with Gasteiger partial charge < -0.3 is 15.8 Å². The number of urea groups is 1. The number of hydrogen-bond donors (Lipinski definition) is 2. The third-order valence-corrected chi connectivity index (χ3v) is 3.00. The number of rotatable bonds is 2. The minimum absolute atomic E-state index is 0.290. The molecule has 0 radical (unpaired) electrons. The Kier molecular flexibility index (Phi) is 3.33. The van der Waals surface area contributed by atoms with Crippen LogP contribution in [0.2, 0.25) is 5.02 Å². The molecular formula is C13H9ClN4O3. The van der Waals surface area contributed by atoms with Gasteiger partial charge in [-0.1, -0.05) is 11.6 Å². The molecule has 0 saturated heterocycles. The van der Waals surface area contributed by atoms with Crippen LogP contribution < -0.4 is 15.5 Å². The van der Waals surface area contributed by atoms with Crippen LogP contribution in [0.15, 0.2) is 47.1 Å². The fraction of sp³-hybridized carbons (Fsp3) is 0. The van der Waals surface area contributed by atoms with E-state index >= 15 is 0 Å². The molecule has 1 heterocycles. The van der Waals surface area contributed by atoms with Crippen LogP contribution in [0.4, 0.5) is 16.2 Å². The summed E-state index contributed by atoms with van der Waals surface area (Å²) in [6.45, 7) is 0. The molecular weight excluding hydrogens is 296 g/mol. The van der Waals surface area contributed by atoms with Crippen molar-refractivity contribution in [3.63, 3.8) is 0 Å². The number of carbonyl (C=O) groups excluding carboxylic acids is 1. The SMILES string of the molecule is O=C(Nc1ccc(Cl)cc1)Nc1ccc2c(c1)no[n+]2[O-]. The molecule has 0 atom stereocenters. The third kappa shape index (κ3) is 2.87. The van der Waals surface area contributed by atoms with Gasteiger partial charge in [0.2, 0.25) is 5.52 Å². The second kappa shape index (κ2) is 5.29. The highest BCUT2D eigenvalue weighted by atomic mass is 35.5. The van der Waals surface area contributed by atoms with Gasteiger partial charge in [0.15, 0.2) is 0 Å². The summed E-state index contributed by atoms with van der Waals surface area (Å²) in [4.78, 5) is 12.1. The van der Waals surface area contributed by atoms with E-state index in [1.807, 2.05) is 0 Å². The molecule has 2 amide bonds. The van der Waals surface area contributed by atoms with E-state index in [0.717, 1.165) is 0 Å². The monoisotopic (exact) mass is 304 g/mol. The van der Waals surface area contributed by atoms with Crippen molar-refractivity contribution in [2.24, 2.45) is 0 Å². The van der Waals surface area contributed by atoms with Gasteiger partial charge in [0.1, 0.15) is 0 Å². The molecule has 2 aromatic carbocycles. The molecule has 0 fully saturated rings. The van der Waals surface area contributed by atoms with Crippen LogP contribution in [0, 0.1) is 5.21 Å². The molecule has 0 saturated carbocycles. The standard InChI is InChI=1S/C13H9ClN4O3/c14-8-1-3-9(4-2-8)15-13(19)16-10-5-6-12-11(7-10)17-21-18(12)20/h1-7H,(H2,15,16,19). The van der Waals surface area contributed by atoms with Crippen LogP contribution in [-0.2, 0) is 0 Å². The first kappa shape index (κ1) is 13.2. The van der Waals surface area contributed by atoms with Crippen LogP contribution in [0.5, 0.6) is 0 Å². The molecule has 8 heteroatoms. The minimum atomic E-state index is -0.421. The van der Waals surface area contributed by atoms with Gasteiger partial charge in [-0.2, -0.15) is 0 Å². The van der Waals surface area contributed by atoms with Crippen molar-refractivity contribution in [1.82, 2.24) is 5.16 Å². The zero-order chi connectivity index (χ0) is 14.8. The van der Waals surface area contributed by atoms with Crippen molar-refractivity contribution in [2.75, 3.05) is 10.6 Å². The molecule has 1 aromatic heterocycles. The van der Waals surface area contributed by atoms with Crippen molar-refractivity contribution in [2.45, 2.75) is 0 Å². The molecule has 0 aliphatic rings. The number of benzene rings is 2. The van der Waals surface area contributed by atoms with E-state index in [2.05, 4.69) is 20.4 Å². The number of nitrogens with one attached hydrogen (secondary N) is 2. The number of anilines is 2. The summed E-state index contributed by atoms with van der Waals surface area (Å²) in [5.41, 5.74) is 1.74. The lowest BCUT2D eigenvalue weighted by atomic mass is 10.3. The molecule has 106 valence electrons. The summed E-state index contributed by atoms with van der Waals surface area (Å²) in [7, 11) is 0. The highest BCUT2D eigenvalue weighted by molar-refractivity contribution is 6.30. The highest BCUT2D eigenvalue weighted by Gasteiger charge is 2.11. The molecule has 0 aliphatic heterocycles. The molecule has 0 unspecified atom stereocenters. The largest absolute Gasteiger partial charge is 0.359 e. The molecule has 0 spiro atoms. The summed E-state index contributed by atoms with van der Waals surface area (Å²) in [5.74, 6) is 0. The van der Waals surface area contributed by atoms with Crippen LogP contribution >= 0.6 is 11.6 Å². The summed E-state index contributed by atoms with van der Waals surface area (Å²) >= 11 is 5.76. The van der Waals surface area contributed by atoms with Crippen molar-refractivity contribution >= 4 is 40.0 Å². The first-order valence-corrected chi connectivity index (χ1v) is 6.33. The van der Waals surface area contributed by atoms with E-state index in [1.54, 1.807) is 30.3 Å². The topological polar surface area (TPSA) is 94.1 Å². The van der Waals surface area contributed by atoms with Gasteiger partial charge in [0.05, 0.1) is 0 Å². The Hall–Kier alpha value is -2.80. The van der Waals surface area contributed by atoms with Crippen LogP contribution in [-0.4, -0.2) is 11.2 Å². The van der Waals surface area contributed by atoms with Crippen LogP contribution in [0.25, 0.3) is 11.0 Å². The van der Waals surface area contributed by atoms with Gasteiger partial charge in [-0.25, -0.2) is 4.79 Å². The van der Waals surface area contributed by atoms with Gasteiger partial charge in [0, 0.05) is 27.6 Å². The summed E-state index contributed by atoms with van der Waals surface area (Å²) < 4.78 is 4.45. The summed E-state index contributed by atoms with van der Waals surface area (Å²) in [5, 5.41) is 20.6. The number of halogens is 1. The second-order valence-electron chi connectivity index (χ2n) is 4.22. The molecule has 3 aromatic rings. The Bertz CT molecular complexity index is 801. The number of amides is 2. The van der Waals surface area contributed by atoms with E-state index in [9.17, 15) is 10.0 Å². The average molecular weight is 305 g/mol. The normalized spacial score (nSPS) is 10.5. The number of aromatic nitrogens is 2. The van der Waals surface area contributed by atoms with E-state index < -0.39 is 6.03 Å². The highest BCUT2D eigenvalue weighted by Crippen LogP contribution is 2.16. The maximum Gasteiger partial charge on any atom is 0.323 e. The quantitative estimate of drug-likeness (QED) is 0.712. The zero-order valence-corrected chi connectivity index (χ0v) is 11.3. The predicted molar refractivity (Wildman–Crippen MR) is 77.1 cm³/mol. The second-order valence-corrected chi connectivity index (χ2v) is 4.66. The fourth-order valence-electron chi connectivity index (χ4n) is 1.78. The van der Waals surface area contributed by atoms with Gasteiger partial charge in [-0.3, -0.25) is 4.63 Å². The van der Waals surface area contributed by atoms with E-state index in [-0.39, 0.29) is 0 Å². The molecule has 7 nitrogen and oxygen atoms in total. The lowest BCUT2D eigenvalue weighted by molar-refractivity contribution is -0.782. The van der Waals surface area contributed by atoms with Gasteiger partial charge in [-0.05, 0) is 41.3 Å². The van der Waals surface area contributed by atoms with Gasteiger partial charge in [-0.15, -0.1) is 0 Å².